The zero-order valence-electron chi connectivity index (χ0n) is 17.0. The first kappa shape index (κ1) is 22.7. The Hall–Kier alpha value is -1.61. The molecule has 3 N–H and O–H groups in total. The fourth-order valence-corrected chi connectivity index (χ4v) is 4.04. The predicted octanol–water partition coefficient (Wildman–Crippen LogP) is 4.84. The molecule has 0 spiro atoms. The number of aryl methyl sites for hydroxylation is 1. The van der Waals surface area contributed by atoms with Crippen molar-refractivity contribution in [1.82, 2.24) is 20.6 Å². The van der Waals surface area contributed by atoms with Gasteiger partial charge in [-0.1, -0.05) is 39.0 Å². The van der Waals surface area contributed by atoms with E-state index < -0.39 is 0 Å². The molecule has 1 aromatic carbocycles. The molecular weight excluding hydrogens is 481 g/mol. The highest BCUT2D eigenvalue weighted by molar-refractivity contribution is 14.0. The average Bonchev–Trinajstić information content (AvgIpc) is 3.31. The summed E-state index contributed by atoms with van der Waals surface area (Å²) in [6.45, 7) is 8.06. The van der Waals surface area contributed by atoms with Crippen LogP contribution in [0.15, 0.2) is 34.8 Å². The molecule has 0 amide bonds. The van der Waals surface area contributed by atoms with E-state index in [2.05, 4.69) is 76.1 Å². The number of benzene rings is 1. The minimum absolute atomic E-state index is 0. The maximum absolute atomic E-state index is 4.66. The molecule has 0 aliphatic rings. The number of H-pyrrole nitrogens is 1. The third-order valence-corrected chi connectivity index (χ3v) is 5.61. The normalized spacial score (nSPS) is 11.7. The summed E-state index contributed by atoms with van der Waals surface area (Å²) in [4.78, 5) is 12.4. The van der Waals surface area contributed by atoms with Crippen molar-refractivity contribution in [3.63, 3.8) is 0 Å². The number of aliphatic imine (C=N–C) groups is 1. The summed E-state index contributed by atoms with van der Waals surface area (Å²) in [5.41, 5.74) is 5.13. The lowest BCUT2D eigenvalue weighted by atomic mass is 10.1. The molecular formula is C21H30IN5S. The van der Waals surface area contributed by atoms with Gasteiger partial charge in [0.2, 0.25) is 0 Å². The molecule has 0 fully saturated rings. The Morgan fingerprint density at radius 1 is 1.25 bits per heavy atom. The number of thiazole rings is 1. The largest absolute Gasteiger partial charge is 0.361 e. The van der Waals surface area contributed by atoms with Crippen LogP contribution in [0.2, 0.25) is 0 Å². The number of fused-ring (bicyclic) bond motifs is 1. The molecule has 0 saturated carbocycles. The standard InChI is InChI=1S/C21H29N5S.HI/c1-5-15-7-6-8-17-16(11-24-20(15)17)9-10-23-21(22-4)25-12-19-26-18(13-27-19)14(2)3;/h6-8,11,13-14,24H,5,9-10,12H2,1-4H3,(H2,22,23,25);1H. The number of hydrogen-bond donors (Lipinski definition) is 3. The maximum Gasteiger partial charge on any atom is 0.191 e. The molecule has 3 rings (SSSR count). The monoisotopic (exact) mass is 511 g/mol. The molecule has 0 aliphatic heterocycles. The number of aromatic amines is 1. The van der Waals surface area contributed by atoms with Crippen LogP contribution in [-0.4, -0.2) is 29.5 Å². The minimum Gasteiger partial charge on any atom is -0.361 e. The lowest BCUT2D eigenvalue weighted by molar-refractivity contribution is 0.779. The molecule has 0 radical (unpaired) electrons. The number of rotatable bonds is 7. The van der Waals surface area contributed by atoms with Gasteiger partial charge in [0.25, 0.3) is 0 Å². The second kappa shape index (κ2) is 10.8. The summed E-state index contributed by atoms with van der Waals surface area (Å²) < 4.78 is 0. The predicted molar refractivity (Wildman–Crippen MR) is 131 cm³/mol. The van der Waals surface area contributed by atoms with Crippen molar-refractivity contribution in [3.8, 4) is 0 Å². The number of nitrogens with zero attached hydrogens (tertiary/aromatic N) is 2. The summed E-state index contributed by atoms with van der Waals surface area (Å²) in [6, 6.07) is 6.53. The molecule has 2 heterocycles. The van der Waals surface area contributed by atoms with E-state index in [4.69, 9.17) is 0 Å². The van der Waals surface area contributed by atoms with Crippen LogP contribution in [-0.2, 0) is 19.4 Å². The Morgan fingerprint density at radius 2 is 2.07 bits per heavy atom. The summed E-state index contributed by atoms with van der Waals surface area (Å²) in [6.07, 6.45) is 4.12. The van der Waals surface area contributed by atoms with E-state index >= 15 is 0 Å². The lowest BCUT2D eigenvalue weighted by Gasteiger charge is -2.10. The molecule has 0 atom stereocenters. The lowest BCUT2D eigenvalue weighted by Crippen LogP contribution is -2.37. The van der Waals surface area contributed by atoms with Crippen LogP contribution in [0.1, 0.15) is 48.5 Å². The van der Waals surface area contributed by atoms with Crippen LogP contribution in [0.3, 0.4) is 0 Å². The number of nitrogens with one attached hydrogen (secondary N) is 3. The second-order valence-corrected chi connectivity index (χ2v) is 7.87. The van der Waals surface area contributed by atoms with Crippen LogP contribution in [0.4, 0.5) is 0 Å². The first-order valence-corrected chi connectivity index (χ1v) is 10.5. The molecule has 152 valence electrons. The molecule has 0 aliphatic carbocycles. The Labute approximate surface area is 188 Å². The van der Waals surface area contributed by atoms with Crippen molar-refractivity contribution >= 4 is 52.2 Å². The van der Waals surface area contributed by atoms with Crippen LogP contribution in [0.5, 0.6) is 0 Å². The SMILES string of the molecule is CCc1cccc2c(CCNC(=NC)NCc3nc(C(C)C)cs3)c[nH]c12.I. The second-order valence-electron chi connectivity index (χ2n) is 6.93. The average molecular weight is 511 g/mol. The molecule has 3 aromatic rings. The van der Waals surface area contributed by atoms with E-state index in [0.29, 0.717) is 12.5 Å². The highest BCUT2D eigenvalue weighted by atomic mass is 127. The van der Waals surface area contributed by atoms with E-state index in [1.807, 2.05) is 0 Å². The van der Waals surface area contributed by atoms with Crippen molar-refractivity contribution < 1.29 is 0 Å². The summed E-state index contributed by atoms with van der Waals surface area (Å²) in [7, 11) is 1.80. The maximum atomic E-state index is 4.66. The van der Waals surface area contributed by atoms with E-state index in [1.165, 1.54) is 22.0 Å². The van der Waals surface area contributed by atoms with Crippen molar-refractivity contribution in [2.75, 3.05) is 13.6 Å². The number of hydrogen-bond acceptors (Lipinski definition) is 3. The molecule has 2 aromatic heterocycles. The van der Waals surface area contributed by atoms with Crippen LogP contribution >= 0.6 is 35.3 Å². The van der Waals surface area contributed by atoms with Crippen LogP contribution in [0, 0.1) is 0 Å². The Bertz CT molecular complexity index is 913. The number of halogens is 1. The van der Waals surface area contributed by atoms with Gasteiger partial charge in [-0.3, -0.25) is 4.99 Å². The van der Waals surface area contributed by atoms with Crippen LogP contribution < -0.4 is 10.6 Å². The van der Waals surface area contributed by atoms with Crippen molar-refractivity contribution in [3.05, 3.63) is 51.6 Å². The zero-order chi connectivity index (χ0) is 19.2. The van der Waals surface area contributed by atoms with Gasteiger partial charge in [-0.25, -0.2) is 4.98 Å². The summed E-state index contributed by atoms with van der Waals surface area (Å²) in [5.74, 6) is 1.28. The van der Waals surface area contributed by atoms with E-state index in [0.717, 1.165) is 36.0 Å². The Kier molecular flexibility index (Phi) is 8.75. The van der Waals surface area contributed by atoms with Gasteiger partial charge >= 0.3 is 0 Å². The van der Waals surface area contributed by atoms with E-state index in [-0.39, 0.29) is 24.0 Å². The highest BCUT2D eigenvalue weighted by Crippen LogP contribution is 2.22. The fraction of sp³-hybridized carbons (Fsp3) is 0.429. The van der Waals surface area contributed by atoms with Crippen molar-refractivity contribution in [1.29, 1.82) is 0 Å². The molecule has 28 heavy (non-hydrogen) atoms. The summed E-state index contributed by atoms with van der Waals surface area (Å²) >= 11 is 1.70. The van der Waals surface area contributed by atoms with Gasteiger partial charge in [-0.05, 0) is 29.9 Å². The zero-order valence-corrected chi connectivity index (χ0v) is 20.2. The van der Waals surface area contributed by atoms with Crippen molar-refractivity contribution in [2.45, 2.75) is 46.1 Å². The van der Waals surface area contributed by atoms with E-state index in [9.17, 15) is 0 Å². The molecule has 5 nitrogen and oxygen atoms in total. The number of para-hydroxylation sites is 1. The van der Waals surface area contributed by atoms with Crippen molar-refractivity contribution in [2.24, 2.45) is 4.99 Å². The fourth-order valence-electron chi connectivity index (χ4n) is 3.14. The van der Waals surface area contributed by atoms with Gasteiger partial charge in [0, 0.05) is 36.1 Å². The molecule has 0 saturated heterocycles. The van der Waals surface area contributed by atoms with E-state index in [1.54, 1.807) is 18.4 Å². The smallest absolute Gasteiger partial charge is 0.191 e. The van der Waals surface area contributed by atoms with Crippen LogP contribution in [0.25, 0.3) is 10.9 Å². The topological polar surface area (TPSA) is 65.1 Å². The van der Waals surface area contributed by atoms with Gasteiger partial charge in [0.15, 0.2) is 5.96 Å². The summed E-state index contributed by atoms with van der Waals surface area (Å²) in [5, 5.41) is 11.3. The number of guanidine groups is 1. The van der Waals surface area contributed by atoms with Gasteiger partial charge in [-0.15, -0.1) is 35.3 Å². The Balaban J connectivity index is 0.00000280. The molecule has 0 unspecified atom stereocenters. The quantitative estimate of drug-likeness (QED) is 0.242. The minimum atomic E-state index is 0. The molecule has 7 heteroatoms. The molecule has 0 bridgehead atoms. The van der Waals surface area contributed by atoms with Gasteiger partial charge in [0.05, 0.1) is 12.2 Å². The highest BCUT2D eigenvalue weighted by Gasteiger charge is 2.08. The van der Waals surface area contributed by atoms with Gasteiger partial charge in [0.1, 0.15) is 5.01 Å². The first-order valence-electron chi connectivity index (χ1n) is 9.59. The Morgan fingerprint density at radius 3 is 2.75 bits per heavy atom. The van der Waals surface area contributed by atoms with Gasteiger partial charge < -0.3 is 15.6 Å². The first-order chi connectivity index (χ1) is 13.1. The number of aromatic nitrogens is 2. The van der Waals surface area contributed by atoms with Gasteiger partial charge in [-0.2, -0.15) is 0 Å². The third kappa shape index (κ3) is 5.47. The third-order valence-electron chi connectivity index (χ3n) is 4.75.